The lowest BCUT2D eigenvalue weighted by atomic mass is 9.99. The molecule has 0 fully saturated rings. The minimum Gasteiger partial charge on any atom is -0.483 e. The summed E-state index contributed by atoms with van der Waals surface area (Å²) in [6.45, 7) is 10.8. The zero-order chi connectivity index (χ0) is 53.1. The third kappa shape index (κ3) is 9.52. The second-order valence-electron chi connectivity index (χ2n) is 18.2. The van der Waals surface area contributed by atoms with Gasteiger partial charge in [0.15, 0.2) is 28.0 Å². The predicted molar refractivity (Wildman–Crippen MR) is 279 cm³/mol. The molecule has 0 aliphatic carbocycles. The highest BCUT2D eigenvalue weighted by atomic mass is 35.5. The Labute approximate surface area is 429 Å². The van der Waals surface area contributed by atoms with Gasteiger partial charge in [0.2, 0.25) is 11.8 Å². The van der Waals surface area contributed by atoms with Crippen molar-refractivity contribution in [3.05, 3.63) is 178 Å². The fourth-order valence-electron chi connectivity index (χ4n) is 9.09. The SMILES string of the molecule is Cc1cc(C(C)Oc2ccc(Cl)nc2-c2noc(=O)[nH]2)c2oc(-c3ccc4nn(C)cc4c3)c(C)c(=O)c2c1.Cc1cc(C(C)Oc2ccc(F)nc2C(N)=O)c2oc(-c3ccc4nn(C)cc4c3)c(C)c(=O)c2c1. The number of amides is 1. The Balaban J connectivity index is 0.000000172. The van der Waals surface area contributed by atoms with E-state index in [0.29, 0.717) is 61.5 Å². The lowest BCUT2D eigenvalue weighted by molar-refractivity contribution is 0.0986. The molecule has 0 saturated carbocycles. The van der Waals surface area contributed by atoms with Crippen LogP contribution in [0, 0.1) is 33.6 Å². The van der Waals surface area contributed by atoms with Gasteiger partial charge in [0, 0.05) is 70.6 Å². The number of carbonyl (C=O) groups is 1. The molecular weight excluding hydrogens is 985 g/mol. The van der Waals surface area contributed by atoms with Gasteiger partial charge in [0.25, 0.3) is 5.91 Å². The number of halogens is 2. The van der Waals surface area contributed by atoms with E-state index in [-0.39, 0.29) is 39.0 Å². The second kappa shape index (κ2) is 19.3. The van der Waals surface area contributed by atoms with Gasteiger partial charge in [0.1, 0.15) is 45.8 Å². The van der Waals surface area contributed by atoms with Gasteiger partial charge in [0.05, 0.1) is 21.8 Å². The van der Waals surface area contributed by atoms with Crippen molar-refractivity contribution in [3.63, 3.8) is 0 Å². The van der Waals surface area contributed by atoms with Crippen molar-refractivity contribution >= 4 is 61.3 Å². The van der Waals surface area contributed by atoms with Gasteiger partial charge in [-0.1, -0.05) is 16.8 Å². The molecule has 20 heteroatoms. The molecule has 1 amide bonds. The number of benzene rings is 4. The van der Waals surface area contributed by atoms with E-state index in [2.05, 4.69) is 34.8 Å². The molecule has 2 atom stereocenters. The Hall–Kier alpha value is -9.23. The lowest BCUT2D eigenvalue weighted by Gasteiger charge is -2.19. The summed E-state index contributed by atoms with van der Waals surface area (Å²) in [4.78, 5) is 60.6. The zero-order valence-electron chi connectivity index (χ0n) is 41.5. The molecule has 11 aromatic rings. The molecule has 0 saturated heterocycles. The topological polar surface area (TPSA) is 242 Å². The van der Waals surface area contributed by atoms with E-state index in [9.17, 15) is 23.6 Å². The van der Waals surface area contributed by atoms with Crippen LogP contribution in [0.2, 0.25) is 5.15 Å². The number of rotatable bonds is 10. The average molecular weight is 1030 g/mol. The van der Waals surface area contributed by atoms with Crippen molar-refractivity contribution in [1.29, 1.82) is 0 Å². The van der Waals surface area contributed by atoms with Crippen LogP contribution in [-0.4, -0.2) is 45.6 Å². The molecule has 0 aliphatic rings. The highest BCUT2D eigenvalue weighted by Gasteiger charge is 2.25. The lowest BCUT2D eigenvalue weighted by Crippen LogP contribution is -2.17. The second-order valence-corrected chi connectivity index (χ2v) is 18.6. The van der Waals surface area contributed by atoms with Crippen LogP contribution in [0.1, 0.15) is 69.9 Å². The van der Waals surface area contributed by atoms with Gasteiger partial charge in [-0.25, -0.2) is 14.8 Å². The third-order valence-corrected chi connectivity index (χ3v) is 12.8. The Morgan fingerprint density at radius 1 is 0.693 bits per heavy atom. The number of primary amides is 1. The monoisotopic (exact) mass is 1030 g/mol. The van der Waals surface area contributed by atoms with E-state index < -0.39 is 29.8 Å². The van der Waals surface area contributed by atoms with E-state index in [0.717, 1.165) is 50.1 Å². The minimum atomic E-state index is -0.916. The molecule has 7 aromatic heterocycles. The largest absolute Gasteiger partial charge is 0.483 e. The van der Waals surface area contributed by atoms with Crippen LogP contribution < -0.4 is 31.8 Å². The van der Waals surface area contributed by atoms with Crippen molar-refractivity contribution < 1.29 is 32.0 Å². The maximum atomic E-state index is 13.6. The molecular formula is C55H45ClFN9O9. The summed E-state index contributed by atoms with van der Waals surface area (Å²) >= 11 is 6.10. The average Bonchev–Trinajstić information content (AvgIpc) is 4.10. The van der Waals surface area contributed by atoms with E-state index in [1.54, 1.807) is 48.3 Å². The Bertz CT molecular complexity index is 4310. The molecule has 4 aromatic carbocycles. The molecule has 0 radical (unpaired) electrons. The fraction of sp³-hybridized carbons (Fsp3) is 0.182. The van der Waals surface area contributed by atoms with E-state index in [4.69, 9.17) is 35.6 Å². The smallest absolute Gasteiger partial charge is 0.439 e. The summed E-state index contributed by atoms with van der Waals surface area (Å²) in [6.07, 6.45) is 2.53. The molecule has 0 spiro atoms. The number of fused-ring (bicyclic) bond motifs is 4. The number of hydrogen-bond acceptors (Lipinski definition) is 14. The Morgan fingerprint density at radius 3 is 1.69 bits per heavy atom. The number of carbonyl (C=O) groups excluding carboxylic acids is 1. The molecule has 11 rings (SSSR count). The van der Waals surface area contributed by atoms with Crippen molar-refractivity contribution in [3.8, 4) is 45.7 Å². The van der Waals surface area contributed by atoms with Crippen LogP contribution >= 0.6 is 11.6 Å². The first-order valence-electron chi connectivity index (χ1n) is 23.4. The quantitative estimate of drug-likeness (QED) is 0.121. The number of aromatic amines is 1. The van der Waals surface area contributed by atoms with Crippen LogP contribution in [-0.2, 0) is 14.1 Å². The van der Waals surface area contributed by atoms with Crippen LogP contribution in [0.4, 0.5) is 4.39 Å². The number of pyridine rings is 2. The predicted octanol–water partition coefficient (Wildman–Crippen LogP) is 10.2. The van der Waals surface area contributed by atoms with Crippen molar-refractivity contribution in [2.75, 3.05) is 0 Å². The number of H-pyrrole nitrogens is 1. The number of aromatic nitrogens is 8. The van der Waals surface area contributed by atoms with Crippen LogP contribution in [0.3, 0.4) is 0 Å². The van der Waals surface area contributed by atoms with Crippen LogP contribution in [0.25, 0.3) is 77.9 Å². The maximum absolute atomic E-state index is 13.6. The molecule has 378 valence electrons. The molecule has 0 bridgehead atoms. The van der Waals surface area contributed by atoms with E-state index in [1.807, 2.05) is 102 Å². The number of nitrogens with zero attached hydrogens (tertiary/aromatic N) is 7. The van der Waals surface area contributed by atoms with Crippen molar-refractivity contribution in [2.24, 2.45) is 19.8 Å². The highest BCUT2D eigenvalue weighted by molar-refractivity contribution is 6.29. The Kier molecular flexibility index (Phi) is 12.7. The van der Waals surface area contributed by atoms with Crippen molar-refractivity contribution in [2.45, 2.75) is 53.8 Å². The van der Waals surface area contributed by atoms with Gasteiger partial charge in [-0.05, 0) is 138 Å². The van der Waals surface area contributed by atoms with Crippen LogP contribution in [0.15, 0.2) is 125 Å². The number of ether oxygens (including phenoxy) is 2. The molecule has 18 nitrogen and oxygen atoms in total. The first kappa shape index (κ1) is 49.4. The zero-order valence-corrected chi connectivity index (χ0v) is 42.3. The fourth-order valence-corrected chi connectivity index (χ4v) is 9.24. The molecule has 75 heavy (non-hydrogen) atoms. The highest BCUT2D eigenvalue weighted by Crippen LogP contribution is 2.37. The normalized spacial score (nSPS) is 12.3. The molecule has 0 aliphatic heterocycles. The summed E-state index contributed by atoms with van der Waals surface area (Å²) in [5.74, 6) is -1.16. The molecule has 3 N–H and O–H groups in total. The molecule has 7 heterocycles. The van der Waals surface area contributed by atoms with Gasteiger partial charge in [-0.15, -0.1) is 0 Å². The van der Waals surface area contributed by atoms with Gasteiger partial charge < -0.3 is 24.0 Å². The number of nitrogens with two attached hydrogens (primary N) is 1. The summed E-state index contributed by atoms with van der Waals surface area (Å²) in [5, 5.41) is 15.4. The Morgan fingerprint density at radius 2 is 1.20 bits per heavy atom. The first-order valence-corrected chi connectivity index (χ1v) is 23.7. The van der Waals surface area contributed by atoms with E-state index in [1.165, 1.54) is 6.07 Å². The molecule has 2 unspecified atom stereocenters. The number of nitrogens with one attached hydrogen (secondary N) is 1. The standard InChI is InChI=1S/C28H22ClN5O5.C27H23FN4O4/c1-13-9-18(15(3)37-21-7-8-22(29)30-23(21)27-31-28(36)39-33-27)26-19(10-13)24(35)14(2)25(38-26)16-5-6-20-17(11-16)12-34(4)32-20;1-13-9-18(15(3)35-21-7-8-22(28)30-23(21)27(29)34)26-19(10-13)24(33)14(2)25(36-26)16-5-6-20-17(11-16)12-32(4)31-20/h5-12,15H,1-4H3,(H,31,33,36);5-12,15H,1-4H3,(H2,29,34). The third-order valence-electron chi connectivity index (χ3n) is 12.6. The summed E-state index contributed by atoms with van der Waals surface area (Å²) in [6, 6.07) is 24.3. The number of hydrogen-bond donors (Lipinski definition) is 2. The number of aryl methyl sites for hydroxylation is 4. The van der Waals surface area contributed by atoms with Gasteiger partial charge in [-0.2, -0.15) is 14.6 Å². The first-order chi connectivity index (χ1) is 35.8. The van der Waals surface area contributed by atoms with E-state index >= 15 is 0 Å². The summed E-state index contributed by atoms with van der Waals surface area (Å²) in [7, 11) is 3.70. The summed E-state index contributed by atoms with van der Waals surface area (Å²) in [5.41, 5.74) is 12.9. The van der Waals surface area contributed by atoms with Crippen LogP contribution in [0.5, 0.6) is 11.5 Å². The minimum absolute atomic E-state index is 0.0303. The van der Waals surface area contributed by atoms with Crippen molar-refractivity contribution in [1.82, 2.24) is 39.7 Å². The maximum Gasteiger partial charge on any atom is 0.439 e. The summed E-state index contributed by atoms with van der Waals surface area (Å²) < 4.78 is 46.8. The van der Waals surface area contributed by atoms with Gasteiger partial charge in [-0.3, -0.25) is 33.3 Å². The van der Waals surface area contributed by atoms with Gasteiger partial charge >= 0.3 is 5.76 Å².